The number of methoxy groups -OCH3 is 1. The number of thiophene rings is 1. The summed E-state index contributed by atoms with van der Waals surface area (Å²) in [7, 11) is 1.56. The average molecular weight is 415 g/mol. The molecule has 0 unspecified atom stereocenters. The fraction of sp³-hybridized carbons (Fsp3) is 0.222. The van der Waals surface area contributed by atoms with E-state index >= 15 is 0 Å². The number of rotatable bonds is 6. The van der Waals surface area contributed by atoms with E-state index in [2.05, 4.69) is 20.4 Å². The number of nitrogens with two attached hydrogens (primary N) is 1. The maximum atomic E-state index is 12.4. The molecule has 150 valence electrons. The van der Waals surface area contributed by atoms with Crippen molar-refractivity contribution in [3.8, 4) is 11.5 Å². The van der Waals surface area contributed by atoms with Crippen molar-refractivity contribution in [2.24, 2.45) is 5.16 Å². The number of nitrogens with one attached hydrogen (secondary N) is 1. The Bertz CT molecular complexity index is 1110. The van der Waals surface area contributed by atoms with Gasteiger partial charge >= 0.3 is 0 Å². The van der Waals surface area contributed by atoms with Gasteiger partial charge in [0.2, 0.25) is 12.7 Å². The van der Waals surface area contributed by atoms with Crippen molar-refractivity contribution >= 4 is 39.1 Å². The number of carbonyl (C=O) groups excluding carboxylic acids is 1. The Morgan fingerprint density at radius 3 is 2.97 bits per heavy atom. The molecule has 0 spiro atoms. The molecule has 1 aromatic carbocycles. The van der Waals surface area contributed by atoms with Crippen LogP contribution in [-0.2, 0) is 4.74 Å². The molecule has 1 amide bonds. The van der Waals surface area contributed by atoms with E-state index in [0.717, 1.165) is 0 Å². The number of amides is 1. The van der Waals surface area contributed by atoms with Crippen LogP contribution in [0.5, 0.6) is 11.5 Å². The van der Waals surface area contributed by atoms with Crippen molar-refractivity contribution in [3.05, 3.63) is 40.4 Å². The van der Waals surface area contributed by atoms with Gasteiger partial charge in [0.15, 0.2) is 11.5 Å². The molecule has 2 aromatic heterocycles. The van der Waals surface area contributed by atoms with Crippen LogP contribution >= 0.6 is 11.3 Å². The maximum absolute atomic E-state index is 12.4. The Morgan fingerprint density at radius 2 is 2.17 bits per heavy atom. The second kappa shape index (κ2) is 7.89. The zero-order valence-corrected chi connectivity index (χ0v) is 16.2. The van der Waals surface area contributed by atoms with E-state index in [0.29, 0.717) is 51.0 Å². The van der Waals surface area contributed by atoms with Gasteiger partial charge in [-0.15, -0.1) is 11.3 Å². The van der Waals surface area contributed by atoms with Crippen molar-refractivity contribution in [1.29, 1.82) is 0 Å². The van der Waals surface area contributed by atoms with Crippen LogP contribution < -0.4 is 20.5 Å². The molecule has 0 radical (unpaired) electrons. The van der Waals surface area contributed by atoms with Gasteiger partial charge < -0.3 is 30.5 Å². The average Bonchev–Trinajstić information content (AvgIpc) is 3.35. The lowest BCUT2D eigenvalue weighted by Gasteiger charge is -2.07. The van der Waals surface area contributed by atoms with Crippen molar-refractivity contribution in [3.63, 3.8) is 0 Å². The Labute approximate surface area is 168 Å². The summed E-state index contributed by atoms with van der Waals surface area (Å²) in [6, 6.07) is 6.77. The third kappa shape index (κ3) is 3.65. The number of nitrogens with zero attached hydrogens (tertiary/aromatic N) is 3. The number of hydrogen-bond donors (Lipinski definition) is 3. The second-order valence-electron chi connectivity index (χ2n) is 6.03. The van der Waals surface area contributed by atoms with Crippen LogP contribution in [0.15, 0.2) is 29.4 Å². The van der Waals surface area contributed by atoms with E-state index in [-0.39, 0.29) is 24.4 Å². The molecule has 0 aliphatic carbocycles. The molecule has 0 fully saturated rings. The van der Waals surface area contributed by atoms with Crippen LogP contribution in [0.3, 0.4) is 0 Å². The van der Waals surface area contributed by atoms with Crippen LogP contribution in [0.1, 0.15) is 20.9 Å². The Hall–Kier alpha value is -3.44. The first-order valence-electron chi connectivity index (χ1n) is 8.57. The third-order valence-electron chi connectivity index (χ3n) is 4.20. The van der Waals surface area contributed by atoms with Crippen LogP contribution in [0.25, 0.3) is 10.2 Å². The molecule has 0 saturated carbocycles. The second-order valence-corrected chi connectivity index (χ2v) is 7.06. The standard InChI is InChI=1S/C18H17N5O5S/c1-26-5-4-20-16(24)13-7-10-15(21-18(19)22-17(10)29-13)14(23-25)9-2-3-11-12(6-9)28-8-27-11/h2-3,6-7,25H,4-5,8H2,1H3,(H,20,24)(H2,19,21,22)/b23-14-. The minimum Gasteiger partial charge on any atom is -0.454 e. The molecule has 0 atom stereocenters. The number of ether oxygens (including phenoxy) is 3. The molecule has 10 nitrogen and oxygen atoms in total. The predicted molar refractivity (Wildman–Crippen MR) is 106 cm³/mol. The predicted octanol–water partition coefficient (Wildman–Crippen LogP) is 1.60. The minimum atomic E-state index is -0.264. The maximum Gasteiger partial charge on any atom is 0.261 e. The molecule has 3 aromatic rings. The highest BCUT2D eigenvalue weighted by atomic mass is 32.1. The molecule has 3 heterocycles. The van der Waals surface area contributed by atoms with Gasteiger partial charge in [0.25, 0.3) is 5.91 Å². The van der Waals surface area contributed by atoms with Gasteiger partial charge in [-0.25, -0.2) is 9.97 Å². The number of oxime groups is 1. The summed E-state index contributed by atoms with van der Waals surface area (Å²) < 4.78 is 15.6. The Balaban J connectivity index is 1.75. The van der Waals surface area contributed by atoms with Gasteiger partial charge in [0, 0.05) is 24.6 Å². The smallest absolute Gasteiger partial charge is 0.261 e. The number of hydrogen-bond acceptors (Lipinski definition) is 10. The number of aromatic nitrogens is 2. The lowest BCUT2D eigenvalue weighted by molar-refractivity contribution is 0.0941. The van der Waals surface area contributed by atoms with E-state index in [4.69, 9.17) is 19.9 Å². The van der Waals surface area contributed by atoms with Crippen LogP contribution in [-0.4, -0.2) is 53.8 Å². The number of carbonyl (C=O) groups is 1. The topological polar surface area (TPSA) is 141 Å². The quantitative estimate of drug-likeness (QED) is 0.239. The molecule has 4 N–H and O–H groups in total. The number of benzene rings is 1. The normalized spacial score (nSPS) is 13.1. The third-order valence-corrected chi connectivity index (χ3v) is 5.22. The van der Waals surface area contributed by atoms with E-state index in [1.807, 2.05) is 0 Å². The minimum absolute atomic E-state index is 0.00239. The number of fused-ring (bicyclic) bond motifs is 2. The van der Waals surface area contributed by atoms with Gasteiger partial charge in [-0.1, -0.05) is 5.16 Å². The van der Waals surface area contributed by atoms with Crippen LogP contribution in [0.4, 0.5) is 5.95 Å². The van der Waals surface area contributed by atoms with Crippen molar-refractivity contribution in [2.45, 2.75) is 0 Å². The SMILES string of the molecule is COCCNC(=O)c1cc2c(/C(=N\O)c3ccc4c(c3)OCO4)nc(N)nc2s1. The van der Waals surface area contributed by atoms with E-state index in [9.17, 15) is 10.0 Å². The summed E-state index contributed by atoms with van der Waals surface area (Å²) >= 11 is 1.17. The molecule has 0 bridgehead atoms. The molecular weight excluding hydrogens is 398 g/mol. The first-order valence-corrected chi connectivity index (χ1v) is 9.39. The fourth-order valence-corrected chi connectivity index (χ4v) is 3.82. The summed E-state index contributed by atoms with van der Waals surface area (Å²) in [6.07, 6.45) is 0. The van der Waals surface area contributed by atoms with Crippen molar-refractivity contribution < 1.29 is 24.2 Å². The number of anilines is 1. The molecule has 1 aliphatic rings. The lowest BCUT2D eigenvalue weighted by atomic mass is 10.0. The van der Waals surface area contributed by atoms with E-state index in [1.165, 1.54) is 11.3 Å². The van der Waals surface area contributed by atoms with E-state index < -0.39 is 0 Å². The van der Waals surface area contributed by atoms with Crippen molar-refractivity contribution in [2.75, 3.05) is 32.8 Å². The summed E-state index contributed by atoms with van der Waals surface area (Å²) in [6.45, 7) is 0.909. The summed E-state index contributed by atoms with van der Waals surface area (Å²) in [5, 5.41) is 16.4. The van der Waals surface area contributed by atoms with Gasteiger partial charge in [-0.05, 0) is 24.3 Å². The van der Waals surface area contributed by atoms with Gasteiger partial charge in [0.05, 0.1) is 11.5 Å². The van der Waals surface area contributed by atoms with Gasteiger partial charge in [0.1, 0.15) is 16.2 Å². The summed E-state index contributed by atoms with van der Waals surface area (Å²) in [5.41, 5.74) is 6.88. The van der Waals surface area contributed by atoms with E-state index in [1.54, 1.807) is 31.4 Å². The molecule has 0 saturated heterocycles. The molecule has 11 heteroatoms. The summed E-state index contributed by atoms with van der Waals surface area (Å²) in [4.78, 5) is 21.8. The van der Waals surface area contributed by atoms with Crippen molar-refractivity contribution in [1.82, 2.24) is 15.3 Å². The largest absolute Gasteiger partial charge is 0.454 e. The summed E-state index contributed by atoms with van der Waals surface area (Å²) in [5.74, 6) is 0.872. The Kier molecular flexibility index (Phi) is 5.14. The molecule has 4 rings (SSSR count). The lowest BCUT2D eigenvalue weighted by Crippen LogP contribution is -2.26. The Morgan fingerprint density at radius 1 is 1.34 bits per heavy atom. The highest BCUT2D eigenvalue weighted by Gasteiger charge is 2.22. The zero-order valence-electron chi connectivity index (χ0n) is 15.3. The fourth-order valence-electron chi connectivity index (χ4n) is 2.87. The molecule has 1 aliphatic heterocycles. The highest BCUT2D eigenvalue weighted by Crippen LogP contribution is 2.34. The zero-order chi connectivity index (χ0) is 20.4. The molecule has 29 heavy (non-hydrogen) atoms. The first kappa shape index (κ1) is 18.9. The van der Waals surface area contributed by atoms with Crippen LogP contribution in [0, 0.1) is 0 Å². The highest BCUT2D eigenvalue weighted by molar-refractivity contribution is 7.20. The molecular formula is C18H17N5O5S. The monoisotopic (exact) mass is 415 g/mol. The van der Waals surface area contributed by atoms with Gasteiger partial charge in [-0.3, -0.25) is 4.79 Å². The number of nitrogen functional groups attached to an aromatic ring is 1. The first-order chi connectivity index (χ1) is 14.1. The van der Waals surface area contributed by atoms with Crippen LogP contribution in [0.2, 0.25) is 0 Å². The van der Waals surface area contributed by atoms with Gasteiger partial charge in [-0.2, -0.15) is 0 Å².